The highest BCUT2D eigenvalue weighted by Crippen LogP contribution is 2.34. The van der Waals surface area contributed by atoms with Crippen molar-refractivity contribution in [3.63, 3.8) is 0 Å². The largest absolute Gasteiger partial charge is 0.377 e. The van der Waals surface area contributed by atoms with Crippen molar-refractivity contribution in [1.82, 2.24) is 9.88 Å². The molecule has 21 heavy (non-hydrogen) atoms. The van der Waals surface area contributed by atoms with Crippen LogP contribution in [0.3, 0.4) is 0 Å². The number of carbonyl (C=O) groups excluding carboxylic acids is 1. The van der Waals surface area contributed by atoms with Crippen molar-refractivity contribution >= 4 is 5.91 Å². The number of nitrogens with one attached hydrogen (secondary N) is 1. The number of aromatic nitrogens is 1. The van der Waals surface area contributed by atoms with Crippen LogP contribution < -0.4 is 10.9 Å². The molecule has 1 amide bonds. The maximum absolute atomic E-state index is 12.0. The van der Waals surface area contributed by atoms with Gasteiger partial charge in [-0.2, -0.15) is 0 Å². The molecule has 1 aliphatic heterocycles. The number of hydrogen-bond donors (Lipinski definition) is 1. The second-order valence-electron chi connectivity index (χ2n) is 6.68. The molecule has 2 rings (SSSR count). The summed E-state index contributed by atoms with van der Waals surface area (Å²) in [6.07, 6.45) is 2.75. The highest BCUT2D eigenvalue weighted by Gasteiger charge is 2.37. The Kier molecular flexibility index (Phi) is 4.83. The van der Waals surface area contributed by atoms with Gasteiger partial charge in [0, 0.05) is 31.3 Å². The molecule has 5 nitrogen and oxygen atoms in total. The van der Waals surface area contributed by atoms with Gasteiger partial charge in [-0.1, -0.05) is 26.8 Å². The van der Waals surface area contributed by atoms with E-state index in [0.717, 1.165) is 13.0 Å². The van der Waals surface area contributed by atoms with Gasteiger partial charge in [-0.25, -0.2) is 0 Å². The van der Waals surface area contributed by atoms with E-state index in [1.807, 2.05) is 0 Å². The smallest absolute Gasteiger partial charge is 0.250 e. The minimum atomic E-state index is -0.163. The third kappa shape index (κ3) is 4.17. The Morgan fingerprint density at radius 3 is 2.86 bits per heavy atom. The van der Waals surface area contributed by atoms with Gasteiger partial charge in [-0.3, -0.25) is 9.59 Å². The molecule has 0 spiro atoms. The van der Waals surface area contributed by atoms with E-state index in [1.54, 1.807) is 18.3 Å². The SMILES string of the molecule is CC(C)(C)[C@H]1OCC[C@@H]1CNC(=O)Cn1ccccc1=O. The molecule has 0 radical (unpaired) electrons. The first-order valence-corrected chi connectivity index (χ1v) is 7.41. The van der Waals surface area contributed by atoms with Crippen LogP contribution in [0.15, 0.2) is 29.2 Å². The van der Waals surface area contributed by atoms with Gasteiger partial charge in [0.1, 0.15) is 6.54 Å². The second kappa shape index (κ2) is 6.43. The first-order chi connectivity index (χ1) is 9.88. The summed E-state index contributed by atoms with van der Waals surface area (Å²) in [6, 6.07) is 4.86. The van der Waals surface area contributed by atoms with Gasteiger partial charge in [-0.15, -0.1) is 0 Å². The highest BCUT2D eigenvalue weighted by atomic mass is 16.5. The van der Waals surface area contributed by atoms with Gasteiger partial charge in [0.15, 0.2) is 0 Å². The Labute approximate surface area is 125 Å². The molecular formula is C16H24N2O3. The van der Waals surface area contributed by atoms with Gasteiger partial charge in [-0.05, 0) is 17.9 Å². The average molecular weight is 292 g/mol. The summed E-state index contributed by atoms with van der Waals surface area (Å²) in [5, 5.41) is 2.92. The minimum Gasteiger partial charge on any atom is -0.377 e. The molecule has 1 aromatic rings. The van der Waals surface area contributed by atoms with Gasteiger partial charge in [0.2, 0.25) is 5.91 Å². The van der Waals surface area contributed by atoms with Crippen LogP contribution in [0.2, 0.25) is 0 Å². The Morgan fingerprint density at radius 2 is 2.19 bits per heavy atom. The van der Waals surface area contributed by atoms with E-state index in [0.29, 0.717) is 12.5 Å². The van der Waals surface area contributed by atoms with Crippen molar-refractivity contribution in [3.05, 3.63) is 34.7 Å². The monoisotopic (exact) mass is 292 g/mol. The molecule has 2 atom stereocenters. The lowest BCUT2D eigenvalue weighted by Gasteiger charge is -2.31. The average Bonchev–Trinajstić information content (AvgIpc) is 2.87. The van der Waals surface area contributed by atoms with E-state index < -0.39 is 0 Å². The number of pyridine rings is 1. The third-order valence-electron chi connectivity index (χ3n) is 3.84. The molecule has 1 aromatic heterocycles. The summed E-state index contributed by atoms with van der Waals surface area (Å²) in [7, 11) is 0. The quantitative estimate of drug-likeness (QED) is 0.913. The van der Waals surface area contributed by atoms with Crippen LogP contribution in [0.4, 0.5) is 0 Å². The topological polar surface area (TPSA) is 60.3 Å². The van der Waals surface area contributed by atoms with Gasteiger partial charge >= 0.3 is 0 Å². The standard InChI is InChI=1S/C16H24N2O3/c1-16(2,3)15-12(7-9-21-15)10-17-13(19)11-18-8-5-4-6-14(18)20/h4-6,8,12,15H,7,9-11H2,1-3H3,(H,17,19)/t12-,15+/m1/s1. The number of hydrogen-bond acceptors (Lipinski definition) is 3. The Bertz CT molecular complexity index is 545. The van der Waals surface area contributed by atoms with Crippen molar-refractivity contribution in [1.29, 1.82) is 0 Å². The Balaban J connectivity index is 1.87. The van der Waals surface area contributed by atoms with E-state index in [1.165, 1.54) is 10.6 Å². The van der Waals surface area contributed by atoms with Crippen LogP contribution in [0.1, 0.15) is 27.2 Å². The summed E-state index contributed by atoms with van der Waals surface area (Å²) in [5.74, 6) is 0.198. The normalized spacial score (nSPS) is 22.2. The van der Waals surface area contributed by atoms with Gasteiger partial charge in [0.25, 0.3) is 5.56 Å². The van der Waals surface area contributed by atoms with E-state index in [-0.39, 0.29) is 29.5 Å². The summed E-state index contributed by atoms with van der Waals surface area (Å²) in [4.78, 5) is 23.5. The van der Waals surface area contributed by atoms with E-state index in [9.17, 15) is 9.59 Å². The summed E-state index contributed by atoms with van der Waals surface area (Å²) in [5.41, 5.74) is -0.0909. The molecule has 1 fully saturated rings. The molecule has 116 valence electrons. The molecule has 1 N–H and O–H groups in total. The Morgan fingerprint density at radius 1 is 1.43 bits per heavy atom. The Hall–Kier alpha value is -1.62. The number of ether oxygens (including phenoxy) is 1. The zero-order chi connectivity index (χ0) is 15.5. The first-order valence-electron chi connectivity index (χ1n) is 7.41. The summed E-state index contributed by atoms with van der Waals surface area (Å²) in [6.45, 7) is 7.88. The maximum atomic E-state index is 12.0. The molecule has 0 unspecified atom stereocenters. The zero-order valence-electron chi connectivity index (χ0n) is 13.0. The predicted octanol–water partition coefficient (Wildman–Crippen LogP) is 1.42. The summed E-state index contributed by atoms with van der Waals surface area (Å²) < 4.78 is 7.20. The lowest BCUT2D eigenvalue weighted by Crippen LogP contribution is -2.40. The predicted molar refractivity (Wildman–Crippen MR) is 81.0 cm³/mol. The molecular weight excluding hydrogens is 268 g/mol. The molecule has 0 bridgehead atoms. The molecule has 5 heteroatoms. The van der Waals surface area contributed by atoms with Gasteiger partial charge < -0.3 is 14.6 Å². The third-order valence-corrected chi connectivity index (χ3v) is 3.84. The molecule has 0 aliphatic carbocycles. The van der Waals surface area contributed by atoms with Crippen LogP contribution in [-0.2, 0) is 16.1 Å². The van der Waals surface area contributed by atoms with Crippen molar-refractivity contribution in [2.24, 2.45) is 11.3 Å². The van der Waals surface area contributed by atoms with Crippen LogP contribution in [-0.4, -0.2) is 29.7 Å². The van der Waals surface area contributed by atoms with Crippen molar-refractivity contribution in [2.75, 3.05) is 13.2 Å². The highest BCUT2D eigenvalue weighted by molar-refractivity contribution is 5.75. The van der Waals surface area contributed by atoms with Crippen molar-refractivity contribution in [3.8, 4) is 0 Å². The minimum absolute atomic E-state index is 0.0629. The second-order valence-corrected chi connectivity index (χ2v) is 6.68. The van der Waals surface area contributed by atoms with Crippen LogP contribution in [0, 0.1) is 11.3 Å². The molecule has 1 aliphatic rings. The number of amides is 1. The van der Waals surface area contributed by atoms with E-state index in [2.05, 4.69) is 26.1 Å². The van der Waals surface area contributed by atoms with Crippen LogP contribution >= 0.6 is 0 Å². The number of nitrogens with zero attached hydrogens (tertiary/aromatic N) is 1. The van der Waals surface area contributed by atoms with Gasteiger partial charge in [0.05, 0.1) is 6.10 Å². The zero-order valence-corrected chi connectivity index (χ0v) is 13.0. The van der Waals surface area contributed by atoms with Crippen molar-refractivity contribution in [2.45, 2.75) is 39.8 Å². The van der Waals surface area contributed by atoms with E-state index >= 15 is 0 Å². The molecule has 1 saturated heterocycles. The fourth-order valence-electron chi connectivity index (χ4n) is 2.85. The lowest BCUT2D eigenvalue weighted by molar-refractivity contribution is -0.122. The summed E-state index contributed by atoms with van der Waals surface area (Å²) >= 11 is 0. The molecule has 0 saturated carbocycles. The fourth-order valence-corrected chi connectivity index (χ4v) is 2.85. The molecule has 0 aromatic carbocycles. The first kappa shape index (κ1) is 15.8. The fraction of sp³-hybridized carbons (Fsp3) is 0.625. The lowest BCUT2D eigenvalue weighted by atomic mass is 9.81. The molecule has 2 heterocycles. The van der Waals surface area contributed by atoms with Crippen molar-refractivity contribution < 1.29 is 9.53 Å². The number of rotatable bonds is 4. The number of carbonyl (C=O) groups is 1. The van der Waals surface area contributed by atoms with E-state index in [4.69, 9.17) is 4.74 Å². The van der Waals surface area contributed by atoms with Crippen LogP contribution in [0.25, 0.3) is 0 Å². The maximum Gasteiger partial charge on any atom is 0.250 e. The van der Waals surface area contributed by atoms with Crippen LogP contribution in [0.5, 0.6) is 0 Å².